The molecule has 0 bridgehead atoms. The fourth-order valence-corrected chi connectivity index (χ4v) is 5.66. The van der Waals surface area contributed by atoms with Gasteiger partial charge >= 0.3 is 5.97 Å². The number of carbonyl (C=O) groups excluding carboxylic acids is 1. The van der Waals surface area contributed by atoms with Gasteiger partial charge in [0.05, 0.1) is 18.2 Å². The fourth-order valence-electron chi connectivity index (χ4n) is 3.50. The van der Waals surface area contributed by atoms with Crippen LogP contribution in [0.1, 0.15) is 49.4 Å². The molecule has 0 N–H and O–H groups in total. The smallest absolute Gasteiger partial charge is 0.316 e. The standard InChI is InChI=1S/C18H22N4O2S2/c1-9(2)15-19-17-14(11-6-5-10(3)7-12(11)26-17)16-20-21-18(22(15)16)25-8-13(23)24-4/h9-10H,5-8H2,1-4H3/t10-/m1/s1. The molecule has 0 saturated heterocycles. The number of hydrogen-bond donors (Lipinski definition) is 0. The molecule has 1 aliphatic carbocycles. The van der Waals surface area contributed by atoms with Crippen molar-refractivity contribution in [1.29, 1.82) is 0 Å². The summed E-state index contributed by atoms with van der Waals surface area (Å²) in [6.45, 7) is 6.56. The van der Waals surface area contributed by atoms with Crippen molar-refractivity contribution in [2.75, 3.05) is 12.9 Å². The molecule has 6 nitrogen and oxygen atoms in total. The van der Waals surface area contributed by atoms with E-state index in [1.54, 1.807) is 0 Å². The van der Waals surface area contributed by atoms with Gasteiger partial charge in [0.15, 0.2) is 10.8 Å². The molecule has 0 aliphatic heterocycles. The van der Waals surface area contributed by atoms with E-state index in [1.165, 1.54) is 35.7 Å². The number of aryl methyl sites for hydroxylation is 1. The number of thiophene rings is 1. The molecule has 0 spiro atoms. The zero-order valence-corrected chi connectivity index (χ0v) is 17.0. The van der Waals surface area contributed by atoms with Crippen molar-refractivity contribution in [3.8, 4) is 0 Å². The maximum atomic E-state index is 11.5. The summed E-state index contributed by atoms with van der Waals surface area (Å²) in [5.74, 6) is 1.84. The summed E-state index contributed by atoms with van der Waals surface area (Å²) in [5, 5.41) is 10.7. The van der Waals surface area contributed by atoms with Crippen molar-refractivity contribution >= 4 is 44.9 Å². The van der Waals surface area contributed by atoms with E-state index in [2.05, 4.69) is 31.0 Å². The summed E-state index contributed by atoms with van der Waals surface area (Å²) >= 11 is 3.16. The summed E-state index contributed by atoms with van der Waals surface area (Å²) in [5.41, 5.74) is 2.27. The van der Waals surface area contributed by atoms with Crippen LogP contribution in [0.2, 0.25) is 0 Å². The summed E-state index contributed by atoms with van der Waals surface area (Å²) in [7, 11) is 1.40. The molecule has 0 unspecified atom stereocenters. The van der Waals surface area contributed by atoms with Crippen LogP contribution in [0.25, 0.3) is 15.9 Å². The largest absolute Gasteiger partial charge is 0.468 e. The number of hydrogen-bond acceptors (Lipinski definition) is 7. The van der Waals surface area contributed by atoms with Gasteiger partial charge in [-0.2, -0.15) is 0 Å². The van der Waals surface area contributed by atoms with E-state index >= 15 is 0 Å². The topological polar surface area (TPSA) is 69.4 Å². The SMILES string of the molecule is COC(=O)CSc1nnc2c3c4c(sc3nc(C(C)C)n12)C[C@H](C)CC4. The van der Waals surface area contributed by atoms with Gasteiger partial charge in [-0.1, -0.05) is 32.5 Å². The van der Waals surface area contributed by atoms with Crippen LogP contribution in [0.15, 0.2) is 5.16 Å². The van der Waals surface area contributed by atoms with Gasteiger partial charge in [0, 0.05) is 10.8 Å². The minimum Gasteiger partial charge on any atom is -0.468 e. The summed E-state index contributed by atoms with van der Waals surface area (Å²) in [6, 6.07) is 0. The number of rotatable bonds is 4. The number of nitrogens with zero attached hydrogens (tertiary/aromatic N) is 4. The van der Waals surface area contributed by atoms with Crippen molar-refractivity contribution in [3.63, 3.8) is 0 Å². The van der Waals surface area contributed by atoms with Crippen LogP contribution in [-0.2, 0) is 22.4 Å². The average molecular weight is 391 g/mol. The van der Waals surface area contributed by atoms with Crippen LogP contribution in [0.5, 0.6) is 0 Å². The van der Waals surface area contributed by atoms with Gasteiger partial charge in [-0.25, -0.2) is 4.98 Å². The molecule has 3 aromatic rings. The lowest BCUT2D eigenvalue weighted by molar-refractivity contribution is -0.137. The molecule has 138 valence electrons. The van der Waals surface area contributed by atoms with Gasteiger partial charge in [-0.05, 0) is 30.7 Å². The van der Waals surface area contributed by atoms with Crippen LogP contribution >= 0.6 is 23.1 Å². The first-order valence-electron chi connectivity index (χ1n) is 8.88. The van der Waals surface area contributed by atoms with Crippen LogP contribution in [0.4, 0.5) is 0 Å². The highest BCUT2D eigenvalue weighted by atomic mass is 32.2. The Hall–Kier alpha value is -1.67. The van der Waals surface area contributed by atoms with Crippen molar-refractivity contribution < 1.29 is 9.53 Å². The first-order valence-corrected chi connectivity index (χ1v) is 10.7. The van der Waals surface area contributed by atoms with E-state index < -0.39 is 0 Å². The lowest BCUT2D eigenvalue weighted by Gasteiger charge is -2.17. The lowest BCUT2D eigenvalue weighted by atomic mass is 9.89. The Bertz CT molecular complexity index is 992. The van der Waals surface area contributed by atoms with Gasteiger partial charge in [-0.15, -0.1) is 21.5 Å². The van der Waals surface area contributed by atoms with Crippen LogP contribution in [0.3, 0.4) is 0 Å². The van der Waals surface area contributed by atoms with E-state index in [-0.39, 0.29) is 17.6 Å². The molecule has 1 aliphatic rings. The third kappa shape index (κ3) is 2.89. The lowest BCUT2D eigenvalue weighted by Crippen LogP contribution is -2.09. The minimum atomic E-state index is -0.270. The second-order valence-corrected chi connectivity index (χ2v) is 9.19. The predicted octanol–water partition coefficient (Wildman–Crippen LogP) is 3.85. The number of carbonyl (C=O) groups is 1. The number of ether oxygens (including phenoxy) is 1. The highest BCUT2D eigenvalue weighted by Crippen LogP contribution is 2.40. The van der Waals surface area contributed by atoms with E-state index in [4.69, 9.17) is 9.72 Å². The first-order chi connectivity index (χ1) is 12.5. The van der Waals surface area contributed by atoms with E-state index in [0.29, 0.717) is 5.16 Å². The summed E-state index contributed by atoms with van der Waals surface area (Å²) < 4.78 is 6.78. The van der Waals surface area contributed by atoms with Crippen LogP contribution in [-0.4, -0.2) is 38.4 Å². The third-order valence-corrected chi connectivity index (χ3v) is 6.91. The Morgan fingerprint density at radius 3 is 2.96 bits per heavy atom. The highest BCUT2D eigenvalue weighted by Gasteiger charge is 2.26. The Kier molecular flexibility index (Phi) is 4.64. The second kappa shape index (κ2) is 6.81. The summed E-state index contributed by atoms with van der Waals surface area (Å²) in [6.07, 6.45) is 3.40. The number of methoxy groups -OCH3 is 1. The Labute approximate surface area is 160 Å². The van der Waals surface area contributed by atoms with E-state index in [9.17, 15) is 4.79 Å². The van der Waals surface area contributed by atoms with Gasteiger partial charge in [0.1, 0.15) is 10.7 Å². The van der Waals surface area contributed by atoms with E-state index in [1.807, 2.05) is 15.7 Å². The molecule has 1 atom stereocenters. The molecule has 0 saturated carbocycles. The van der Waals surface area contributed by atoms with Crippen molar-refractivity contribution in [1.82, 2.24) is 19.6 Å². The Morgan fingerprint density at radius 1 is 1.42 bits per heavy atom. The summed E-state index contributed by atoms with van der Waals surface area (Å²) in [4.78, 5) is 19.0. The quantitative estimate of drug-likeness (QED) is 0.498. The predicted molar refractivity (Wildman–Crippen MR) is 104 cm³/mol. The van der Waals surface area contributed by atoms with Crippen LogP contribution < -0.4 is 0 Å². The van der Waals surface area contributed by atoms with Crippen LogP contribution in [0, 0.1) is 5.92 Å². The Balaban J connectivity index is 1.91. The molecule has 0 radical (unpaired) electrons. The minimum absolute atomic E-state index is 0.214. The molecule has 26 heavy (non-hydrogen) atoms. The van der Waals surface area contributed by atoms with Gasteiger partial charge in [0.25, 0.3) is 0 Å². The maximum Gasteiger partial charge on any atom is 0.316 e. The molecule has 4 rings (SSSR count). The average Bonchev–Trinajstić information content (AvgIpc) is 3.18. The zero-order chi connectivity index (χ0) is 18.4. The normalized spacial score (nSPS) is 17.2. The number of fused-ring (bicyclic) bond motifs is 5. The van der Waals surface area contributed by atoms with Gasteiger partial charge < -0.3 is 4.74 Å². The molecule has 3 aromatic heterocycles. The third-order valence-electron chi connectivity index (χ3n) is 4.86. The van der Waals surface area contributed by atoms with Crippen molar-refractivity contribution in [2.24, 2.45) is 5.92 Å². The first kappa shape index (κ1) is 17.7. The molecule has 3 heterocycles. The molecular formula is C18H22N4O2S2. The monoisotopic (exact) mass is 390 g/mol. The van der Waals surface area contributed by atoms with Gasteiger partial charge in [0.2, 0.25) is 0 Å². The number of thioether (sulfide) groups is 1. The molecule has 0 amide bonds. The number of esters is 1. The second-order valence-electron chi connectivity index (χ2n) is 7.16. The fraction of sp³-hybridized carbons (Fsp3) is 0.556. The van der Waals surface area contributed by atoms with E-state index in [0.717, 1.165) is 40.4 Å². The molecule has 0 aromatic carbocycles. The maximum absolute atomic E-state index is 11.5. The number of aromatic nitrogens is 4. The van der Waals surface area contributed by atoms with Crippen molar-refractivity contribution in [3.05, 3.63) is 16.3 Å². The Morgan fingerprint density at radius 2 is 2.23 bits per heavy atom. The molecule has 8 heteroatoms. The highest BCUT2D eigenvalue weighted by molar-refractivity contribution is 7.99. The van der Waals surface area contributed by atoms with Gasteiger partial charge in [-0.3, -0.25) is 9.20 Å². The molecule has 0 fully saturated rings. The zero-order valence-electron chi connectivity index (χ0n) is 15.4. The van der Waals surface area contributed by atoms with Crippen molar-refractivity contribution in [2.45, 2.75) is 51.1 Å². The molecular weight excluding hydrogens is 368 g/mol.